The molecule has 2 aliphatic rings. The molecule has 0 atom stereocenters. The molecule has 0 bridgehead atoms. The van der Waals surface area contributed by atoms with Crippen LogP contribution in [-0.2, 0) is 10.0 Å². The van der Waals surface area contributed by atoms with Gasteiger partial charge in [0.05, 0.1) is 7.11 Å². The zero-order valence-electron chi connectivity index (χ0n) is 15.7. The lowest BCUT2D eigenvalue weighted by molar-refractivity contribution is 0.0704. The summed E-state index contributed by atoms with van der Waals surface area (Å²) in [6.07, 6.45) is 4.52. The number of amides is 1. The van der Waals surface area contributed by atoms with Gasteiger partial charge >= 0.3 is 0 Å². The Kier molecular flexibility index (Phi) is 7.50. The molecule has 0 spiro atoms. The lowest BCUT2D eigenvalue weighted by Crippen LogP contribution is -2.45. The third-order valence-electron chi connectivity index (χ3n) is 5.14. The molecule has 152 valence electrons. The van der Waals surface area contributed by atoms with Crippen molar-refractivity contribution in [2.24, 2.45) is 5.92 Å². The van der Waals surface area contributed by atoms with E-state index in [1.165, 1.54) is 39.1 Å². The number of methoxy groups -OCH3 is 1. The topological polar surface area (TPSA) is 87.7 Å². The van der Waals surface area contributed by atoms with Crippen LogP contribution >= 0.6 is 12.4 Å². The molecular formula is C18H28ClN3O4S. The maximum Gasteiger partial charge on any atom is 0.253 e. The lowest BCUT2D eigenvalue weighted by Gasteiger charge is -2.32. The Morgan fingerprint density at radius 3 is 2.44 bits per heavy atom. The Bertz CT molecular complexity index is 760. The van der Waals surface area contributed by atoms with Crippen LogP contribution in [0.3, 0.4) is 0 Å². The van der Waals surface area contributed by atoms with E-state index in [4.69, 9.17) is 4.74 Å². The Balaban J connectivity index is 0.00000261. The van der Waals surface area contributed by atoms with Crippen LogP contribution < -0.4 is 14.8 Å². The first-order valence-corrected chi connectivity index (χ1v) is 10.6. The van der Waals surface area contributed by atoms with E-state index in [0.29, 0.717) is 24.7 Å². The fourth-order valence-electron chi connectivity index (χ4n) is 3.25. The molecule has 7 nitrogen and oxygen atoms in total. The van der Waals surface area contributed by atoms with E-state index in [9.17, 15) is 13.2 Å². The van der Waals surface area contributed by atoms with Crippen LogP contribution in [0.2, 0.25) is 0 Å². The molecule has 9 heteroatoms. The van der Waals surface area contributed by atoms with Gasteiger partial charge in [0, 0.05) is 24.7 Å². The minimum Gasteiger partial charge on any atom is -0.495 e. The van der Waals surface area contributed by atoms with Crippen molar-refractivity contribution in [3.8, 4) is 5.75 Å². The molecule has 3 rings (SSSR count). The molecule has 0 unspecified atom stereocenters. The average molecular weight is 418 g/mol. The van der Waals surface area contributed by atoms with Gasteiger partial charge in [0.25, 0.3) is 5.91 Å². The minimum atomic E-state index is -3.70. The molecule has 1 aliphatic heterocycles. The summed E-state index contributed by atoms with van der Waals surface area (Å²) < 4.78 is 31.8. The molecule has 2 fully saturated rings. The van der Waals surface area contributed by atoms with E-state index in [-0.39, 0.29) is 29.0 Å². The maximum absolute atomic E-state index is 12.8. The second kappa shape index (κ2) is 9.23. The summed E-state index contributed by atoms with van der Waals surface area (Å²) in [6, 6.07) is 5.01. The second-order valence-corrected chi connectivity index (χ2v) is 8.85. The first-order chi connectivity index (χ1) is 12.4. The maximum atomic E-state index is 12.8. The predicted octanol–water partition coefficient (Wildman–Crippen LogP) is 1.63. The fraction of sp³-hybridized carbons (Fsp3) is 0.611. The Morgan fingerprint density at radius 2 is 1.89 bits per heavy atom. The van der Waals surface area contributed by atoms with Gasteiger partial charge in [-0.2, -0.15) is 0 Å². The Hall–Kier alpha value is -1.35. The number of sulfonamides is 1. The van der Waals surface area contributed by atoms with Gasteiger partial charge in [0.1, 0.15) is 10.6 Å². The SMILES string of the molecule is CNS(=O)(=O)c1cc(C(=O)N2CCC(NCC3CC3)CC2)ccc1OC.Cl. The van der Waals surface area contributed by atoms with E-state index < -0.39 is 10.0 Å². The molecule has 1 aromatic carbocycles. The van der Waals surface area contributed by atoms with Crippen molar-refractivity contribution < 1.29 is 17.9 Å². The van der Waals surface area contributed by atoms with Gasteiger partial charge in [-0.1, -0.05) is 0 Å². The number of nitrogens with zero attached hydrogens (tertiary/aromatic N) is 1. The number of carbonyl (C=O) groups excluding carboxylic acids is 1. The molecule has 0 aromatic heterocycles. The van der Waals surface area contributed by atoms with Crippen LogP contribution in [0, 0.1) is 5.92 Å². The van der Waals surface area contributed by atoms with Crippen molar-refractivity contribution in [2.75, 3.05) is 33.8 Å². The smallest absolute Gasteiger partial charge is 0.253 e. The molecule has 1 amide bonds. The second-order valence-electron chi connectivity index (χ2n) is 6.99. The van der Waals surface area contributed by atoms with Gasteiger partial charge < -0.3 is 15.0 Å². The molecule has 1 saturated carbocycles. The summed E-state index contributed by atoms with van der Waals surface area (Å²) >= 11 is 0. The minimum absolute atomic E-state index is 0. The molecule has 0 radical (unpaired) electrons. The summed E-state index contributed by atoms with van der Waals surface area (Å²) in [5, 5.41) is 3.59. The summed E-state index contributed by atoms with van der Waals surface area (Å²) in [5.41, 5.74) is 0.365. The van der Waals surface area contributed by atoms with Crippen molar-refractivity contribution in [3.63, 3.8) is 0 Å². The van der Waals surface area contributed by atoms with Gasteiger partial charge in [-0.05, 0) is 63.4 Å². The zero-order chi connectivity index (χ0) is 18.7. The van der Waals surface area contributed by atoms with E-state index in [2.05, 4.69) is 10.0 Å². The number of carbonyl (C=O) groups is 1. The lowest BCUT2D eigenvalue weighted by atomic mass is 10.0. The van der Waals surface area contributed by atoms with Crippen molar-refractivity contribution in [1.82, 2.24) is 14.9 Å². The van der Waals surface area contributed by atoms with E-state index in [0.717, 1.165) is 25.3 Å². The number of nitrogens with one attached hydrogen (secondary N) is 2. The number of hydrogen-bond donors (Lipinski definition) is 2. The van der Waals surface area contributed by atoms with Gasteiger partial charge in [-0.3, -0.25) is 4.79 Å². The highest BCUT2D eigenvalue weighted by Crippen LogP contribution is 2.28. The Morgan fingerprint density at radius 1 is 1.22 bits per heavy atom. The van der Waals surface area contributed by atoms with Gasteiger partial charge in [0.15, 0.2) is 0 Å². The highest BCUT2D eigenvalue weighted by atomic mass is 35.5. The van der Waals surface area contributed by atoms with E-state index in [1.807, 2.05) is 0 Å². The molecule has 1 aromatic rings. The largest absolute Gasteiger partial charge is 0.495 e. The van der Waals surface area contributed by atoms with Crippen molar-refractivity contribution in [3.05, 3.63) is 23.8 Å². The summed E-state index contributed by atoms with van der Waals surface area (Å²) in [4.78, 5) is 14.6. The number of halogens is 1. The highest BCUT2D eigenvalue weighted by Gasteiger charge is 2.27. The average Bonchev–Trinajstić information content (AvgIpc) is 3.50. The van der Waals surface area contributed by atoms with Gasteiger partial charge in [0.2, 0.25) is 10.0 Å². The normalized spacial score (nSPS) is 18.1. The molecule has 27 heavy (non-hydrogen) atoms. The van der Waals surface area contributed by atoms with Gasteiger partial charge in [-0.15, -0.1) is 12.4 Å². The van der Waals surface area contributed by atoms with Crippen molar-refractivity contribution in [1.29, 1.82) is 0 Å². The quantitative estimate of drug-likeness (QED) is 0.704. The van der Waals surface area contributed by atoms with Crippen LogP contribution in [0.4, 0.5) is 0 Å². The number of piperidine rings is 1. The molecule has 1 heterocycles. The molecule has 2 N–H and O–H groups in total. The summed E-state index contributed by atoms with van der Waals surface area (Å²) in [5.74, 6) is 0.932. The summed E-state index contributed by atoms with van der Waals surface area (Å²) in [7, 11) is -0.958. The molecular weight excluding hydrogens is 390 g/mol. The van der Waals surface area contributed by atoms with Crippen LogP contribution in [0.25, 0.3) is 0 Å². The number of rotatable bonds is 7. The molecule has 1 saturated heterocycles. The van der Waals surface area contributed by atoms with Crippen LogP contribution in [0.15, 0.2) is 23.1 Å². The molecule has 1 aliphatic carbocycles. The highest BCUT2D eigenvalue weighted by molar-refractivity contribution is 7.89. The zero-order valence-corrected chi connectivity index (χ0v) is 17.4. The number of hydrogen-bond acceptors (Lipinski definition) is 5. The third-order valence-corrected chi connectivity index (χ3v) is 6.58. The van der Waals surface area contributed by atoms with Crippen molar-refractivity contribution >= 4 is 28.3 Å². The van der Waals surface area contributed by atoms with E-state index >= 15 is 0 Å². The monoisotopic (exact) mass is 417 g/mol. The van der Waals surface area contributed by atoms with E-state index in [1.54, 1.807) is 11.0 Å². The number of benzene rings is 1. The van der Waals surface area contributed by atoms with Crippen LogP contribution in [0.5, 0.6) is 5.75 Å². The predicted molar refractivity (Wildman–Crippen MR) is 106 cm³/mol. The standard InChI is InChI=1S/C18H27N3O4S.ClH/c1-19-26(23,24)17-11-14(5-6-16(17)25-2)18(22)21-9-7-15(8-10-21)20-12-13-3-4-13;/h5-6,11,13,15,19-20H,3-4,7-10,12H2,1-2H3;1H. The first-order valence-electron chi connectivity index (χ1n) is 9.09. The fourth-order valence-corrected chi connectivity index (χ4v) is 4.17. The first kappa shape index (κ1) is 21.9. The van der Waals surface area contributed by atoms with Crippen molar-refractivity contribution in [2.45, 2.75) is 36.6 Å². The van der Waals surface area contributed by atoms with Gasteiger partial charge in [-0.25, -0.2) is 13.1 Å². The number of ether oxygens (including phenoxy) is 1. The third kappa shape index (κ3) is 5.34. The Labute approximate surface area is 167 Å². The van der Waals surface area contributed by atoms with Crippen LogP contribution in [-0.4, -0.2) is 59.1 Å². The number of likely N-dealkylation sites (tertiary alicyclic amines) is 1. The van der Waals surface area contributed by atoms with Crippen LogP contribution in [0.1, 0.15) is 36.0 Å². The summed E-state index contributed by atoms with van der Waals surface area (Å²) in [6.45, 7) is 2.45.